The minimum atomic E-state index is -0.511. The van der Waals surface area contributed by atoms with Crippen LogP contribution in [0.2, 0.25) is 0 Å². The van der Waals surface area contributed by atoms with Gasteiger partial charge in [-0.2, -0.15) is 11.8 Å². The summed E-state index contributed by atoms with van der Waals surface area (Å²) in [5.74, 6) is 1.36. The maximum Gasteiger partial charge on any atom is 0.161 e. The molecule has 118 valence electrons. The lowest BCUT2D eigenvalue weighted by Gasteiger charge is -2.18. The first-order valence-corrected chi connectivity index (χ1v) is 8.71. The Morgan fingerprint density at radius 1 is 1.33 bits per heavy atom. The molecule has 1 aromatic carbocycles. The van der Waals surface area contributed by atoms with Gasteiger partial charge in [0.15, 0.2) is 11.5 Å². The number of nitrogens with one attached hydrogen (secondary N) is 1. The van der Waals surface area contributed by atoms with E-state index in [1.54, 1.807) is 7.11 Å². The predicted octanol–water partition coefficient (Wildman–Crippen LogP) is 2.31. The third-order valence-corrected chi connectivity index (χ3v) is 4.96. The summed E-state index contributed by atoms with van der Waals surface area (Å²) >= 11 is 1.94. The molecule has 3 unspecified atom stereocenters. The summed E-state index contributed by atoms with van der Waals surface area (Å²) in [6.07, 6.45) is 5.32. The van der Waals surface area contributed by atoms with Crippen LogP contribution in [0.4, 0.5) is 0 Å². The molecule has 0 bridgehead atoms. The van der Waals surface area contributed by atoms with Crippen molar-refractivity contribution >= 4 is 11.8 Å². The molecule has 21 heavy (non-hydrogen) atoms. The molecule has 0 aromatic heterocycles. The van der Waals surface area contributed by atoms with Crippen LogP contribution in [0.5, 0.6) is 11.5 Å². The zero-order chi connectivity index (χ0) is 15.1. The molecule has 0 aliphatic heterocycles. The van der Waals surface area contributed by atoms with Gasteiger partial charge in [-0.3, -0.25) is 0 Å². The largest absolute Gasteiger partial charge is 0.493 e. The fraction of sp³-hybridized carbons (Fsp3) is 0.625. The van der Waals surface area contributed by atoms with Crippen molar-refractivity contribution in [1.29, 1.82) is 0 Å². The van der Waals surface area contributed by atoms with Crippen LogP contribution < -0.4 is 14.8 Å². The maximum atomic E-state index is 10.0. The van der Waals surface area contributed by atoms with Crippen LogP contribution in [-0.4, -0.2) is 49.0 Å². The lowest BCUT2D eigenvalue weighted by atomic mass is 10.2. The fourth-order valence-electron chi connectivity index (χ4n) is 2.63. The van der Waals surface area contributed by atoms with Crippen LogP contribution in [0.25, 0.3) is 0 Å². The minimum absolute atomic E-state index is 0.270. The molecule has 0 amide bonds. The van der Waals surface area contributed by atoms with Crippen molar-refractivity contribution in [1.82, 2.24) is 5.32 Å². The van der Waals surface area contributed by atoms with Crippen LogP contribution in [0.15, 0.2) is 24.3 Å². The molecule has 1 aromatic rings. The molecule has 1 saturated carbocycles. The molecule has 1 fully saturated rings. The number of ether oxygens (including phenoxy) is 2. The zero-order valence-corrected chi connectivity index (χ0v) is 13.6. The molecule has 5 heteroatoms. The van der Waals surface area contributed by atoms with Gasteiger partial charge in [-0.05, 0) is 37.7 Å². The summed E-state index contributed by atoms with van der Waals surface area (Å²) in [5.41, 5.74) is 0. The van der Waals surface area contributed by atoms with Crippen molar-refractivity contribution in [2.24, 2.45) is 0 Å². The number of para-hydroxylation sites is 2. The Morgan fingerprint density at radius 2 is 2.10 bits per heavy atom. The first-order valence-electron chi connectivity index (χ1n) is 7.43. The van der Waals surface area contributed by atoms with Crippen molar-refractivity contribution in [3.63, 3.8) is 0 Å². The van der Waals surface area contributed by atoms with Crippen molar-refractivity contribution in [3.05, 3.63) is 24.3 Å². The minimum Gasteiger partial charge on any atom is -0.493 e. The first kappa shape index (κ1) is 16.5. The summed E-state index contributed by atoms with van der Waals surface area (Å²) in [4.78, 5) is 0. The van der Waals surface area contributed by atoms with Crippen molar-refractivity contribution in [2.45, 2.75) is 36.7 Å². The van der Waals surface area contributed by atoms with E-state index in [1.165, 1.54) is 19.3 Å². The summed E-state index contributed by atoms with van der Waals surface area (Å²) in [7, 11) is 1.61. The van der Waals surface area contributed by atoms with E-state index in [0.717, 1.165) is 5.25 Å². The molecule has 1 aliphatic rings. The molecule has 0 saturated heterocycles. The van der Waals surface area contributed by atoms with Gasteiger partial charge in [0.25, 0.3) is 0 Å². The molecule has 4 nitrogen and oxygen atoms in total. The normalized spacial score (nSPS) is 23.0. The average molecular weight is 311 g/mol. The van der Waals surface area contributed by atoms with Crippen LogP contribution in [-0.2, 0) is 0 Å². The number of hydrogen-bond acceptors (Lipinski definition) is 5. The Balaban J connectivity index is 1.69. The van der Waals surface area contributed by atoms with E-state index >= 15 is 0 Å². The first-order chi connectivity index (χ1) is 10.2. The number of thioether (sulfide) groups is 1. The number of aliphatic hydroxyl groups excluding tert-OH is 1. The second kappa shape index (κ2) is 8.51. The lowest BCUT2D eigenvalue weighted by molar-refractivity contribution is 0.102. The van der Waals surface area contributed by atoms with Gasteiger partial charge >= 0.3 is 0 Å². The van der Waals surface area contributed by atoms with E-state index in [4.69, 9.17) is 9.47 Å². The summed E-state index contributed by atoms with van der Waals surface area (Å²) < 4.78 is 10.8. The predicted molar refractivity (Wildman–Crippen MR) is 87.4 cm³/mol. The van der Waals surface area contributed by atoms with Crippen molar-refractivity contribution in [2.75, 3.05) is 26.5 Å². The summed E-state index contributed by atoms with van der Waals surface area (Å²) in [6.45, 7) is 0.840. The number of methoxy groups -OCH3 is 1. The standard InChI is InChI=1S/C16H25NO3S/c1-19-15-5-3-4-6-16(15)20-11-13(18)10-17-12-7-8-14(9-12)21-2/h3-6,12-14,17-18H,7-11H2,1-2H3. The highest BCUT2D eigenvalue weighted by atomic mass is 32.2. The van der Waals surface area contributed by atoms with E-state index in [2.05, 4.69) is 11.6 Å². The molecule has 3 atom stereocenters. The molecule has 2 N–H and O–H groups in total. The highest BCUT2D eigenvalue weighted by Gasteiger charge is 2.23. The molecule has 1 aliphatic carbocycles. The second-order valence-corrected chi connectivity index (χ2v) is 6.53. The number of hydrogen-bond donors (Lipinski definition) is 2. The lowest BCUT2D eigenvalue weighted by Crippen LogP contribution is -2.37. The van der Waals surface area contributed by atoms with Crippen LogP contribution in [0.1, 0.15) is 19.3 Å². The smallest absolute Gasteiger partial charge is 0.161 e. The molecular weight excluding hydrogens is 286 g/mol. The monoisotopic (exact) mass is 311 g/mol. The van der Waals surface area contributed by atoms with Gasteiger partial charge in [0.1, 0.15) is 12.7 Å². The molecule has 0 heterocycles. The zero-order valence-electron chi connectivity index (χ0n) is 12.7. The van der Waals surface area contributed by atoms with Gasteiger partial charge in [0, 0.05) is 17.8 Å². The topological polar surface area (TPSA) is 50.7 Å². The molecule has 2 rings (SSSR count). The highest BCUT2D eigenvalue weighted by Crippen LogP contribution is 2.28. The number of aliphatic hydroxyl groups is 1. The Kier molecular flexibility index (Phi) is 6.67. The van der Waals surface area contributed by atoms with Gasteiger partial charge in [-0.15, -0.1) is 0 Å². The summed E-state index contributed by atoms with van der Waals surface area (Å²) in [6, 6.07) is 8.01. The second-order valence-electron chi connectivity index (χ2n) is 5.39. The summed E-state index contributed by atoms with van der Waals surface area (Å²) in [5, 5.41) is 14.2. The van der Waals surface area contributed by atoms with Gasteiger partial charge in [0.2, 0.25) is 0 Å². The van der Waals surface area contributed by atoms with Gasteiger partial charge in [-0.25, -0.2) is 0 Å². The Bertz CT molecular complexity index is 430. The maximum absolute atomic E-state index is 10.0. The average Bonchev–Trinajstić information content (AvgIpc) is 2.99. The highest BCUT2D eigenvalue weighted by molar-refractivity contribution is 7.99. The Morgan fingerprint density at radius 3 is 2.76 bits per heavy atom. The Hall–Kier alpha value is -0.910. The van der Waals surface area contributed by atoms with E-state index < -0.39 is 6.10 Å². The molecule has 0 spiro atoms. The van der Waals surface area contributed by atoms with Crippen LogP contribution in [0, 0.1) is 0 Å². The SMILES string of the molecule is COc1ccccc1OCC(O)CNC1CCC(SC)C1. The molecule has 0 radical (unpaired) electrons. The number of rotatable bonds is 8. The van der Waals surface area contributed by atoms with E-state index in [-0.39, 0.29) is 6.61 Å². The van der Waals surface area contributed by atoms with Crippen molar-refractivity contribution < 1.29 is 14.6 Å². The van der Waals surface area contributed by atoms with Gasteiger partial charge < -0.3 is 19.9 Å². The van der Waals surface area contributed by atoms with Crippen molar-refractivity contribution in [3.8, 4) is 11.5 Å². The number of benzene rings is 1. The van der Waals surface area contributed by atoms with Crippen LogP contribution in [0.3, 0.4) is 0 Å². The third kappa shape index (κ3) is 5.09. The van der Waals surface area contributed by atoms with E-state index in [0.29, 0.717) is 24.1 Å². The third-order valence-electron chi connectivity index (χ3n) is 3.86. The Labute approximate surface area is 131 Å². The van der Waals surface area contributed by atoms with Gasteiger partial charge in [0.05, 0.1) is 7.11 Å². The fourth-order valence-corrected chi connectivity index (χ4v) is 3.42. The van der Waals surface area contributed by atoms with Crippen LogP contribution >= 0.6 is 11.8 Å². The van der Waals surface area contributed by atoms with E-state index in [9.17, 15) is 5.11 Å². The molecular formula is C16H25NO3S. The quantitative estimate of drug-likeness (QED) is 0.771. The van der Waals surface area contributed by atoms with E-state index in [1.807, 2.05) is 36.0 Å². The van der Waals surface area contributed by atoms with Gasteiger partial charge in [-0.1, -0.05) is 12.1 Å².